The number of aromatic hydroxyl groups is 1. The van der Waals surface area contributed by atoms with Crippen molar-refractivity contribution < 1.29 is 14.6 Å². The van der Waals surface area contributed by atoms with E-state index in [2.05, 4.69) is 6.58 Å². The molecule has 0 saturated heterocycles. The molecule has 7 heteroatoms. The molecular formula is C9H12Mg2O3PS+3. The Labute approximate surface area is 136 Å². The summed E-state index contributed by atoms with van der Waals surface area (Å²) in [5.41, 5.74) is 0. The molecule has 0 saturated carbocycles. The predicted octanol–water partition coefficient (Wildman–Crippen LogP) is 1.54. The van der Waals surface area contributed by atoms with E-state index >= 15 is 0 Å². The molecule has 78 valence electrons. The second kappa shape index (κ2) is 18.1. The first-order valence-electron chi connectivity index (χ1n) is 3.65. The van der Waals surface area contributed by atoms with E-state index in [4.69, 9.17) is 10.00 Å². The van der Waals surface area contributed by atoms with Gasteiger partial charge < -0.3 is 18.6 Å². The molecule has 16 heavy (non-hydrogen) atoms. The van der Waals surface area contributed by atoms with Gasteiger partial charge in [0.1, 0.15) is 5.75 Å². The first-order chi connectivity index (χ1) is 6.16. The number of rotatable bonds is 2. The molecule has 0 heterocycles. The van der Waals surface area contributed by atoms with Crippen molar-refractivity contribution in [3.05, 3.63) is 43.0 Å². The molecular weight excluding hydrogens is 268 g/mol. The van der Waals surface area contributed by atoms with E-state index in [-0.39, 0.29) is 65.8 Å². The molecule has 3 nitrogen and oxygen atoms in total. The maximum atomic E-state index is 9.68. The summed E-state index contributed by atoms with van der Waals surface area (Å²) in [5.74, 6) is 0.322. The molecule has 0 spiro atoms. The zero-order valence-electron chi connectivity index (χ0n) is 8.95. The van der Waals surface area contributed by atoms with Crippen LogP contribution in [0.3, 0.4) is 0 Å². The van der Waals surface area contributed by atoms with Crippen molar-refractivity contribution in [2.24, 2.45) is 0 Å². The number of hydrogen-bond acceptors (Lipinski definition) is 2. The monoisotopic (exact) mass is 279 g/mol. The van der Waals surface area contributed by atoms with Crippen molar-refractivity contribution in [2.45, 2.75) is 0 Å². The Morgan fingerprint density at radius 3 is 1.81 bits per heavy atom. The summed E-state index contributed by atoms with van der Waals surface area (Å²) in [6.07, 6.45) is 1.62. The topological polar surface area (TPSA) is 57.5 Å². The smallest absolute Gasteiger partial charge is 2.00 e. The Morgan fingerprint density at radius 2 is 1.69 bits per heavy atom. The van der Waals surface area contributed by atoms with Gasteiger partial charge in [0, 0.05) is 0 Å². The molecule has 0 aliphatic heterocycles. The third-order valence-electron chi connectivity index (χ3n) is 1.04. The predicted molar refractivity (Wildman–Crippen MR) is 71.9 cm³/mol. The second-order valence-electron chi connectivity index (χ2n) is 2.16. The van der Waals surface area contributed by atoms with E-state index in [9.17, 15) is 4.57 Å². The van der Waals surface area contributed by atoms with Gasteiger partial charge in [-0.3, -0.25) is 0 Å². The van der Waals surface area contributed by atoms with Gasteiger partial charge in [-0.2, -0.15) is 4.89 Å². The van der Waals surface area contributed by atoms with Crippen LogP contribution < -0.4 is 0 Å². The first-order valence-corrected chi connectivity index (χ1v) is 5.05. The summed E-state index contributed by atoms with van der Waals surface area (Å²) in [7, 11) is -1.97. The van der Waals surface area contributed by atoms with Crippen molar-refractivity contribution in [3.63, 3.8) is 0 Å². The maximum absolute atomic E-state index is 9.68. The molecule has 0 aliphatic rings. The minimum Gasteiger partial charge on any atom is -2.00 e. The average molecular weight is 280 g/mol. The fourth-order valence-corrected chi connectivity index (χ4v) is 0.759. The van der Waals surface area contributed by atoms with E-state index < -0.39 is 8.03 Å². The number of phenolic OH excluding ortho intramolecular Hbond substituents is 1. The summed E-state index contributed by atoms with van der Waals surface area (Å²) >= 11 is 0. The number of phenols is 1. The van der Waals surface area contributed by atoms with Gasteiger partial charge in [0.05, 0.1) is 0 Å². The third kappa shape index (κ3) is 20.2. The minimum absolute atomic E-state index is 0. The molecule has 1 rings (SSSR count). The number of benzene rings is 1. The summed E-state index contributed by atoms with van der Waals surface area (Å²) in [6, 6.07) is 8.71. The standard InChI is InChI=1S/C6H6O.C3H5O2P.2Mg.S/c7-6-4-2-1-3-5-6;1-2-3-6(4)5;;;/h1-5,7H;2H,1,3H2;;;/q;;2*+2;-2/p+1. The van der Waals surface area contributed by atoms with Gasteiger partial charge in [0.25, 0.3) is 0 Å². The molecule has 0 radical (unpaired) electrons. The van der Waals surface area contributed by atoms with Crippen LogP contribution in [-0.2, 0) is 18.1 Å². The summed E-state index contributed by atoms with van der Waals surface area (Å²) in [4.78, 5) is 7.99. The molecule has 0 amide bonds. The Bertz CT molecular complexity index is 273. The van der Waals surface area contributed by atoms with Crippen molar-refractivity contribution in [3.8, 4) is 5.75 Å². The van der Waals surface area contributed by atoms with Crippen LogP contribution in [0.5, 0.6) is 5.75 Å². The maximum Gasteiger partial charge on any atom is 2.00 e. The third-order valence-corrected chi connectivity index (χ3v) is 1.61. The number of hydrogen-bond donors (Lipinski definition) is 2. The normalized spacial score (nSPS) is 7.69. The molecule has 1 atom stereocenters. The minimum atomic E-state index is -1.97. The van der Waals surface area contributed by atoms with Crippen LogP contribution in [0.15, 0.2) is 43.0 Å². The van der Waals surface area contributed by atoms with Crippen molar-refractivity contribution >= 4 is 67.6 Å². The van der Waals surface area contributed by atoms with Crippen LogP contribution in [-0.4, -0.2) is 62.3 Å². The Hall–Kier alpha value is 0.702. The molecule has 0 aromatic heterocycles. The van der Waals surface area contributed by atoms with Gasteiger partial charge in [-0.05, 0) is 22.8 Å². The molecule has 0 bridgehead atoms. The Balaban J connectivity index is -0.0000000767. The van der Waals surface area contributed by atoms with Crippen LogP contribution in [0.25, 0.3) is 0 Å². The summed E-state index contributed by atoms with van der Waals surface area (Å²) in [5, 5.41) is 8.63. The largest absolute Gasteiger partial charge is 2.00 e. The van der Waals surface area contributed by atoms with Crippen LogP contribution in [0.1, 0.15) is 0 Å². The number of allylic oxidation sites excluding steroid dienone is 1. The van der Waals surface area contributed by atoms with Gasteiger partial charge in [-0.1, -0.05) is 24.8 Å². The quantitative estimate of drug-likeness (QED) is 0.490. The Morgan fingerprint density at radius 1 is 1.25 bits per heavy atom. The van der Waals surface area contributed by atoms with Gasteiger partial charge in [0.2, 0.25) is 0 Å². The van der Waals surface area contributed by atoms with E-state index in [1.807, 2.05) is 6.07 Å². The summed E-state index contributed by atoms with van der Waals surface area (Å²) in [6.45, 7) is 3.26. The van der Waals surface area contributed by atoms with E-state index in [1.165, 1.54) is 6.08 Å². The van der Waals surface area contributed by atoms with Crippen molar-refractivity contribution in [1.82, 2.24) is 0 Å². The zero-order valence-corrected chi connectivity index (χ0v) is 13.5. The number of para-hydroxylation sites is 1. The van der Waals surface area contributed by atoms with Gasteiger partial charge in [-0.25, -0.2) is 0 Å². The average Bonchev–Trinajstić information content (AvgIpc) is 2.06. The van der Waals surface area contributed by atoms with Crippen LogP contribution >= 0.6 is 8.03 Å². The fraction of sp³-hybridized carbons (Fsp3) is 0.111. The SMILES string of the molecule is C=CC[P+](=O)O.Oc1ccccc1.[Mg+2].[Mg+2].[S-2]. The Kier molecular flexibility index (Phi) is 28.8. The van der Waals surface area contributed by atoms with Crippen LogP contribution in [0, 0.1) is 0 Å². The van der Waals surface area contributed by atoms with Crippen molar-refractivity contribution in [1.29, 1.82) is 0 Å². The fourth-order valence-electron chi connectivity index (χ4n) is 0.538. The molecule has 1 aromatic rings. The molecule has 2 N–H and O–H groups in total. The van der Waals surface area contributed by atoms with E-state index in [1.54, 1.807) is 24.3 Å². The zero-order chi connectivity index (χ0) is 10.1. The van der Waals surface area contributed by atoms with E-state index in [0.29, 0.717) is 5.75 Å². The van der Waals surface area contributed by atoms with Gasteiger partial charge >= 0.3 is 54.1 Å². The molecule has 1 unspecified atom stereocenters. The summed E-state index contributed by atoms with van der Waals surface area (Å²) < 4.78 is 9.68. The van der Waals surface area contributed by atoms with Gasteiger partial charge in [-0.15, -0.1) is 0 Å². The second-order valence-corrected chi connectivity index (χ2v) is 3.23. The molecule has 0 fully saturated rings. The molecule has 0 aliphatic carbocycles. The van der Waals surface area contributed by atoms with E-state index in [0.717, 1.165) is 0 Å². The van der Waals surface area contributed by atoms with Crippen LogP contribution in [0.2, 0.25) is 0 Å². The van der Waals surface area contributed by atoms with Gasteiger partial charge in [0.15, 0.2) is 6.16 Å². The van der Waals surface area contributed by atoms with Crippen molar-refractivity contribution in [2.75, 3.05) is 6.16 Å². The molecule has 1 aromatic carbocycles. The first kappa shape index (κ1) is 25.5. The van der Waals surface area contributed by atoms with Crippen LogP contribution in [0.4, 0.5) is 0 Å².